The summed E-state index contributed by atoms with van der Waals surface area (Å²) in [4.78, 5) is 11.8. The largest absolute Gasteiger partial charge is 0.492 e. The van der Waals surface area contributed by atoms with Gasteiger partial charge >= 0.3 is 0 Å². The van der Waals surface area contributed by atoms with Crippen LogP contribution in [0.4, 0.5) is 4.39 Å². The van der Waals surface area contributed by atoms with Crippen LogP contribution in [0, 0.1) is 23.1 Å². The average Bonchev–Trinajstić information content (AvgIpc) is 2.44. The van der Waals surface area contributed by atoms with Crippen LogP contribution >= 0.6 is 11.6 Å². The molecule has 1 aromatic carbocycles. The van der Waals surface area contributed by atoms with Crippen LogP contribution in [0.2, 0.25) is 5.02 Å². The molecule has 1 aliphatic carbocycles. The molecule has 1 aromatic rings. The van der Waals surface area contributed by atoms with Crippen molar-refractivity contribution in [2.75, 3.05) is 12.9 Å². The summed E-state index contributed by atoms with van der Waals surface area (Å²) in [5.41, 5.74) is -0.296. The summed E-state index contributed by atoms with van der Waals surface area (Å²) >= 11 is 6.04. The Morgan fingerprint density at radius 1 is 1.46 bits per heavy atom. The van der Waals surface area contributed by atoms with Gasteiger partial charge in [0.1, 0.15) is 11.6 Å². The molecule has 0 aromatic heterocycles. The molecule has 0 aliphatic heterocycles. The fourth-order valence-corrected chi connectivity index (χ4v) is 3.45. The Bertz CT molecular complexity index is 764. The van der Waals surface area contributed by atoms with Crippen molar-refractivity contribution in [2.45, 2.75) is 27.2 Å². The Hall–Kier alpha value is -1.34. The van der Waals surface area contributed by atoms with Gasteiger partial charge in [-0.15, -0.1) is 0 Å². The fourth-order valence-electron chi connectivity index (χ4n) is 2.79. The molecule has 134 valence electrons. The van der Waals surface area contributed by atoms with E-state index in [1.807, 2.05) is 0 Å². The summed E-state index contributed by atoms with van der Waals surface area (Å²) in [5, 5.41) is 0.0558. The number of carbonyl (C=O) groups excluding carboxylic acids is 1. The lowest BCUT2D eigenvalue weighted by Crippen LogP contribution is -2.46. The van der Waals surface area contributed by atoms with Crippen LogP contribution in [0.15, 0.2) is 12.1 Å². The molecule has 8 heteroatoms. The van der Waals surface area contributed by atoms with Crippen molar-refractivity contribution in [1.29, 1.82) is 0 Å². The molecule has 2 rings (SSSR count). The third-order valence-corrected chi connectivity index (χ3v) is 5.80. The van der Waals surface area contributed by atoms with Gasteiger partial charge in [0.25, 0.3) is 5.91 Å². The maximum Gasteiger partial charge on any atom is 0.267 e. The van der Waals surface area contributed by atoms with Gasteiger partial charge in [-0.1, -0.05) is 32.4 Å². The number of benzene rings is 1. The van der Waals surface area contributed by atoms with E-state index in [-0.39, 0.29) is 16.2 Å². The molecule has 1 aliphatic rings. The summed E-state index contributed by atoms with van der Waals surface area (Å²) in [6, 6.07) is 2.08. The molecule has 1 saturated carbocycles. The van der Waals surface area contributed by atoms with Gasteiger partial charge in [-0.05, 0) is 29.7 Å². The van der Waals surface area contributed by atoms with Crippen molar-refractivity contribution in [3.8, 4) is 5.75 Å². The van der Waals surface area contributed by atoms with Crippen LogP contribution in [-0.4, -0.2) is 27.2 Å². The van der Waals surface area contributed by atoms with Gasteiger partial charge in [0.2, 0.25) is 10.0 Å². The zero-order valence-electron chi connectivity index (χ0n) is 14.0. The van der Waals surface area contributed by atoms with Gasteiger partial charge in [-0.2, -0.15) is 0 Å². The van der Waals surface area contributed by atoms with E-state index in [1.165, 1.54) is 0 Å². The number of rotatable bonds is 5. The van der Waals surface area contributed by atoms with Crippen LogP contribution in [0.5, 0.6) is 5.75 Å². The Morgan fingerprint density at radius 2 is 2.08 bits per heavy atom. The van der Waals surface area contributed by atoms with Gasteiger partial charge in [0, 0.05) is 6.07 Å². The summed E-state index contributed by atoms with van der Waals surface area (Å²) in [6.45, 7) is 6.91. The molecule has 0 spiro atoms. The van der Waals surface area contributed by atoms with E-state index in [2.05, 4.69) is 20.8 Å². The number of carbonyl (C=O) groups is 1. The van der Waals surface area contributed by atoms with Gasteiger partial charge in [-0.25, -0.2) is 17.5 Å². The molecule has 24 heavy (non-hydrogen) atoms. The predicted octanol–water partition coefficient (Wildman–Crippen LogP) is 3.23. The zero-order valence-corrected chi connectivity index (χ0v) is 15.6. The van der Waals surface area contributed by atoms with Crippen LogP contribution in [0.1, 0.15) is 37.6 Å². The van der Waals surface area contributed by atoms with Gasteiger partial charge in [0.05, 0.1) is 23.4 Å². The SMILES string of the molecule is CC1CC(COc2cc(F)c(C(=O)NS(C)(=O)=O)cc2Cl)C1(C)C. The Kier molecular flexibility index (Phi) is 5.16. The molecular formula is C16H21ClFNO4S. The number of hydrogen-bond acceptors (Lipinski definition) is 4. The molecular weight excluding hydrogens is 357 g/mol. The van der Waals surface area contributed by atoms with E-state index in [4.69, 9.17) is 16.3 Å². The fraction of sp³-hybridized carbons (Fsp3) is 0.562. The van der Waals surface area contributed by atoms with E-state index in [0.717, 1.165) is 24.8 Å². The van der Waals surface area contributed by atoms with Crippen LogP contribution in [-0.2, 0) is 10.0 Å². The highest BCUT2D eigenvalue weighted by Gasteiger charge is 2.45. The molecule has 0 bridgehead atoms. The quantitative estimate of drug-likeness (QED) is 0.855. The lowest BCUT2D eigenvalue weighted by molar-refractivity contribution is -0.0351. The molecule has 5 nitrogen and oxygen atoms in total. The standard InChI is InChI=1S/C16H21ClFNO4S/c1-9-5-10(16(9,2)3)8-23-14-7-13(18)11(6-12(14)17)15(20)19-24(4,21)22/h6-7,9-10H,5,8H2,1-4H3,(H,19,20). The zero-order chi connectivity index (χ0) is 18.3. The molecule has 1 fully saturated rings. The Balaban J connectivity index is 2.11. The predicted molar refractivity (Wildman–Crippen MR) is 90.3 cm³/mol. The second-order valence-electron chi connectivity index (χ2n) is 6.93. The average molecular weight is 378 g/mol. The first-order valence-corrected chi connectivity index (χ1v) is 9.82. The first-order chi connectivity index (χ1) is 10.9. The normalized spacial score (nSPS) is 22.6. The van der Waals surface area contributed by atoms with E-state index in [0.29, 0.717) is 18.4 Å². The van der Waals surface area contributed by atoms with E-state index in [9.17, 15) is 17.6 Å². The number of hydrogen-bond donors (Lipinski definition) is 1. The van der Waals surface area contributed by atoms with E-state index < -0.39 is 27.3 Å². The number of halogens is 2. The minimum atomic E-state index is -3.79. The molecule has 1 amide bonds. The topological polar surface area (TPSA) is 72.5 Å². The van der Waals surface area contributed by atoms with Crippen LogP contribution < -0.4 is 9.46 Å². The summed E-state index contributed by atoms with van der Waals surface area (Å²) in [6.07, 6.45) is 1.84. The number of nitrogens with one attached hydrogen (secondary N) is 1. The maximum absolute atomic E-state index is 14.1. The Labute approximate surface area is 146 Å². The molecule has 2 atom stereocenters. The second kappa shape index (κ2) is 6.52. The van der Waals surface area contributed by atoms with Gasteiger partial charge in [-0.3, -0.25) is 4.79 Å². The van der Waals surface area contributed by atoms with E-state index >= 15 is 0 Å². The van der Waals surface area contributed by atoms with Crippen LogP contribution in [0.3, 0.4) is 0 Å². The highest BCUT2D eigenvalue weighted by Crippen LogP contribution is 2.51. The van der Waals surface area contributed by atoms with Gasteiger partial charge in [0.15, 0.2) is 0 Å². The number of ether oxygens (including phenoxy) is 1. The van der Waals surface area contributed by atoms with Crippen LogP contribution in [0.25, 0.3) is 0 Å². The summed E-state index contributed by atoms with van der Waals surface area (Å²) in [5.74, 6) is -0.880. The van der Waals surface area contributed by atoms with Crippen molar-refractivity contribution in [3.05, 3.63) is 28.5 Å². The summed E-state index contributed by atoms with van der Waals surface area (Å²) in [7, 11) is -3.79. The third-order valence-electron chi connectivity index (χ3n) is 4.94. The van der Waals surface area contributed by atoms with Crippen molar-refractivity contribution >= 4 is 27.5 Å². The van der Waals surface area contributed by atoms with Gasteiger partial charge < -0.3 is 4.74 Å². The smallest absolute Gasteiger partial charge is 0.267 e. The van der Waals surface area contributed by atoms with E-state index in [1.54, 1.807) is 4.72 Å². The maximum atomic E-state index is 14.1. The summed E-state index contributed by atoms with van der Waals surface area (Å²) < 4.78 is 43.6. The molecule has 0 heterocycles. The van der Waals surface area contributed by atoms with Crippen molar-refractivity contribution in [1.82, 2.24) is 4.72 Å². The highest BCUT2D eigenvalue weighted by atomic mass is 35.5. The number of amides is 1. The lowest BCUT2D eigenvalue weighted by Gasteiger charge is -2.50. The monoisotopic (exact) mass is 377 g/mol. The Morgan fingerprint density at radius 3 is 2.58 bits per heavy atom. The first-order valence-electron chi connectivity index (χ1n) is 7.55. The minimum Gasteiger partial charge on any atom is -0.492 e. The first kappa shape index (κ1) is 19.0. The molecule has 0 saturated heterocycles. The molecule has 2 unspecified atom stereocenters. The second-order valence-corrected chi connectivity index (χ2v) is 9.09. The third kappa shape index (κ3) is 4.00. The highest BCUT2D eigenvalue weighted by molar-refractivity contribution is 7.89. The van der Waals surface area contributed by atoms with Crippen molar-refractivity contribution in [2.24, 2.45) is 17.3 Å². The lowest BCUT2D eigenvalue weighted by atomic mass is 9.56. The van der Waals surface area contributed by atoms with Crippen molar-refractivity contribution in [3.63, 3.8) is 0 Å². The minimum absolute atomic E-state index is 0.0558. The number of sulfonamides is 1. The van der Waals surface area contributed by atoms with Crippen molar-refractivity contribution < 1.29 is 22.3 Å². The molecule has 0 radical (unpaired) electrons. The molecule has 1 N–H and O–H groups in total.